The molecule has 2 aromatic rings. The molecule has 24 heavy (non-hydrogen) atoms. The largest absolute Gasteiger partial charge is 0.494 e. The van der Waals surface area contributed by atoms with Gasteiger partial charge in [0.05, 0.1) is 13.2 Å². The van der Waals surface area contributed by atoms with Crippen LogP contribution in [0, 0.1) is 0 Å². The number of aliphatic hydroxyl groups excluding tert-OH is 2. The maximum atomic E-state index is 8.75. The van der Waals surface area contributed by atoms with Crippen LogP contribution in [0.3, 0.4) is 0 Å². The quantitative estimate of drug-likeness (QED) is 0.617. The summed E-state index contributed by atoms with van der Waals surface area (Å²) in [5.41, 5.74) is 2.25. The third-order valence-electron chi connectivity index (χ3n) is 3.68. The monoisotopic (exact) mass is 330 g/mol. The van der Waals surface area contributed by atoms with Crippen LogP contribution >= 0.6 is 0 Å². The second-order valence-corrected chi connectivity index (χ2v) is 5.61. The molecule has 0 amide bonds. The molecule has 0 heterocycles. The van der Waals surface area contributed by atoms with Crippen molar-refractivity contribution in [2.24, 2.45) is 0 Å². The van der Waals surface area contributed by atoms with Crippen molar-refractivity contribution in [3.8, 4) is 22.6 Å². The van der Waals surface area contributed by atoms with Gasteiger partial charge in [-0.05, 0) is 54.7 Å². The van der Waals surface area contributed by atoms with Gasteiger partial charge in [-0.15, -0.1) is 0 Å². The molecular weight excluding hydrogens is 304 g/mol. The summed E-state index contributed by atoms with van der Waals surface area (Å²) < 4.78 is 11.2. The number of rotatable bonds is 11. The average Bonchev–Trinajstić information content (AvgIpc) is 2.63. The Balaban J connectivity index is 1.83. The molecule has 0 radical (unpaired) electrons. The fourth-order valence-electron chi connectivity index (χ4n) is 2.32. The fraction of sp³-hybridized carbons (Fsp3) is 0.400. The average molecular weight is 330 g/mol. The zero-order chi connectivity index (χ0) is 17.0. The van der Waals surface area contributed by atoms with E-state index in [2.05, 4.69) is 0 Å². The summed E-state index contributed by atoms with van der Waals surface area (Å²) in [5.74, 6) is 1.68. The van der Waals surface area contributed by atoms with Gasteiger partial charge in [-0.2, -0.15) is 0 Å². The van der Waals surface area contributed by atoms with Crippen LogP contribution in [0.25, 0.3) is 11.1 Å². The first-order valence-electron chi connectivity index (χ1n) is 8.51. The Bertz CT molecular complexity index is 563. The lowest BCUT2D eigenvalue weighted by Crippen LogP contribution is -1.99. The van der Waals surface area contributed by atoms with E-state index in [1.807, 2.05) is 48.5 Å². The Morgan fingerprint density at radius 2 is 1.00 bits per heavy atom. The molecule has 0 saturated heterocycles. The van der Waals surface area contributed by atoms with Gasteiger partial charge in [0.1, 0.15) is 11.5 Å². The van der Waals surface area contributed by atoms with Gasteiger partial charge in [-0.1, -0.05) is 24.3 Å². The predicted octanol–water partition coefficient (Wildman–Crippen LogP) is 3.66. The van der Waals surface area contributed by atoms with E-state index in [1.165, 1.54) is 0 Å². The molecule has 2 N–H and O–H groups in total. The van der Waals surface area contributed by atoms with Crippen LogP contribution in [0.1, 0.15) is 25.7 Å². The zero-order valence-electron chi connectivity index (χ0n) is 14.0. The summed E-state index contributed by atoms with van der Waals surface area (Å²) in [4.78, 5) is 0. The summed E-state index contributed by atoms with van der Waals surface area (Å²) in [5, 5.41) is 17.5. The number of hydrogen-bond donors (Lipinski definition) is 2. The van der Waals surface area contributed by atoms with Crippen molar-refractivity contribution < 1.29 is 19.7 Å². The third-order valence-corrected chi connectivity index (χ3v) is 3.68. The Hall–Kier alpha value is -2.04. The molecule has 0 aliphatic heterocycles. The minimum Gasteiger partial charge on any atom is -0.494 e. The third kappa shape index (κ3) is 6.22. The van der Waals surface area contributed by atoms with Crippen LogP contribution in [0.5, 0.6) is 11.5 Å². The summed E-state index contributed by atoms with van der Waals surface area (Å²) in [6.07, 6.45) is 3.42. The van der Waals surface area contributed by atoms with Crippen molar-refractivity contribution in [3.05, 3.63) is 48.5 Å². The fourth-order valence-corrected chi connectivity index (χ4v) is 2.32. The summed E-state index contributed by atoms with van der Waals surface area (Å²) in [7, 11) is 0. The van der Waals surface area contributed by atoms with Crippen LogP contribution in [0.4, 0.5) is 0 Å². The Kier molecular flexibility index (Phi) is 8.15. The highest BCUT2D eigenvalue weighted by Crippen LogP contribution is 2.24. The Morgan fingerprint density at radius 3 is 1.46 bits per heavy atom. The molecule has 4 heteroatoms. The van der Waals surface area contributed by atoms with E-state index >= 15 is 0 Å². The predicted molar refractivity (Wildman–Crippen MR) is 95.5 cm³/mol. The van der Waals surface area contributed by atoms with Gasteiger partial charge in [0.15, 0.2) is 0 Å². The molecule has 0 aliphatic carbocycles. The highest BCUT2D eigenvalue weighted by atomic mass is 16.5. The number of aliphatic hydroxyl groups is 2. The number of ether oxygens (including phenoxy) is 2. The molecule has 2 rings (SSSR count). The van der Waals surface area contributed by atoms with Gasteiger partial charge in [0.2, 0.25) is 0 Å². The van der Waals surface area contributed by atoms with Gasteiger partial charge < -0.3 is 19.7 Å². The SMILES string of the molecule is OCCCCCOc1ccc(-c2ccc(OCCCO)cc2)cc1. The van der Waals surface area contributed by atoms with E-state index in [1.54, 1.807) is 0 Å². The smallest absolute Gasteiger partial charge is 0.119 e. The summed E-state index contributed by atoms with van der Waals surface area (Å²) >= 11 is 0. The van der Waals surface area contributed by atoms with Crippen molar-refractivity contribution >= 4 is 0 Å². The molecular formula is C20H26O4. The molecule has 4 nitrogen and oxygen atoms in total. The van der Waals surface area contributed by atoms with Gasteiger partial charge >= 0.3 is 0 Å². The number of unbranched alkanes of at least 4 members (excludes halogenated alkanes) is 2. The normalized spacial score (nSPS) is 10.6. The lowest BCUT2D eigenvalue weighted by atomic mass is 10.1. The van der Waals surface area contributed by atoms with E-state index in [0.29, 0.717) is 19.6 Å². The van der Waals surface area contributed by atoms with Crippen LogP contribution in [0.2, 0.25) is 0 Å². The van der Waals surface area contributed by atoms with E-state index < -0.39 is 0 Å². The van der Waals surface area contributed by atoms with Crippen molar-refractivity contribution in [1.29, 1.82) is 0 Å². The molecule has 0 aromatic heterocycles. The molecule has 0 spiro atoms. The first kappa shape index (κ1) is 18.3. The second kappa shape index (κ2) is 10.7. The minimum atomic E-state index is 0.147. The zero-order valence-corrected chi connectivity index (χ0v) is 14.0. The maximum absolute atomic E-state index is 8.75. The number of benzene rings is 2. The Morgan fingerprint density at radius 1 is 0.542 bits per heavy atom. The minimum absolute atomic E-state index is 0.147. The highest BCUT2D eigenvalue weighted by molar-refractivity contribution is 5.64. The van der Waals surface area contributed by atoms with Gasteiger partial charge in [-0.3, -0.25) is 0 Å². The summed E-state index contributed by atoms with van der Waals surface area (Å²) in [6, 6.07) is 16.0. The lowest BCUT2D eigenvalue weighted by Gasteiger charge is -2.08. The molecule has 0 bridgehead atoms. The molecule has 2 aromatic carbocycles. The van der Waals surface area contributed by atoms with E-state index in [-0.39, 0.29) is 13.2 Å². The van der Waals surface area contributed by atoms with Crippen LogP contribution < -0.4 is 9.47 Å². The van der Waals surface area contributed by atoms with Crippen molar-refractivity contribution in [2.75, 3.05) is 26.4 Å². The summed E-state index contributed by atoms with van der Waals surface area (Å²) in [6.45, 7) is 1.60. The standard InChI is InChI=1S/C20H26O4/c21-13-2-1-3-15-23-19-9-5-17(6-10-19)18-7-11-20(12-8-18)24-16-4-14-22/h5-12,21-22H,1-4,13-16H2. The van der Waals surface area contributed by atoms with Crippen molar-refractivity contribution in [1.82, 2.24) is 0 Å². The lowest BCUT2D eigenvalue weighted by molar-refractivity contribution is 0.233. The molecule has 0 fully saturated rings. The maximum Gasteiger partial charge on any atom is 0.119 e. The molecule has 130 valence electrons. The highest BCUT2D eigenvalue weighted by Gasteiger charge is 2.00. The van der Waals surface area contributed by atoms with Gasteiger partial charge in [-0.25, -0.2) is 0 Å². The van der Waals surface area contributed by atoms with Gasteiger partial charge in [0.25, 0.3) is 0 Å². The van der Waals surface area contributed by atoms with Crippen molar-refractivity contribution in [2.45, 2.75) is 25.7 Å². The van der Waals surface area contributed by atoms with Crippen LogP contribution in [-0.2, 0) is 0 Å². The van der Waals surface area contributed by atoms with E-state index in [4.69, 9.17) is 19.7 Å². The first-order valence-corrected chi connectivity index (χ1v) is 8.51. The van der Waals surface area contributed by atoms with E-state index in [0.717, 1.165) is 41.9 Å². The topological polar surface area (TPSA) is 58.9 Å². The van der Waals surface area contributed by atoms with E-state index in [9.17, 15) is 0 Å². The van der Waals surface area contributed by atoms with Crippen LogP contribution in [-0.4, -0.2) is 36.6 Å². The second-order valence-electron chi connectivity index (χ2n) is 5.61. The molecule has 0 aliphatic rings. The molecule has 0 unspecified atom stereocenters. The van der Waals surface area contributed by atoms with Gasteiger partial charge in [0, 0.05) is 19.6 Å². The van der Waals surface area contributed by atoms with Crippen molar-refractivity contribution in [3.63, 3.8) is 0 Å². The molecule has 0 atom stereocenters. The first-order chi connectivity index (χ1) is 11.8. The molecule has 0 saturated carbocycles. The number of hydrogen-bond acceptors (Lipinski definition) is 4. The van der Waals surface area contributed by atoms with Crippen LogP contribution in [0.15, 0.2) is 48.5 Å². The Labute approximate surface area is 143 Å².